The third-order valence-electron chi connectivity index (χ3n) is 6.55. The molecule has 0 aromatic carbocycles. The van der Waals surface area contributed by atoms with Gasteiger partial charge in [0, 0.05) is 38.1 Å². The lowest BCUT2D eigenvalue weighted by atomic mass is 9.96. The van der Waals surface area contributed by atoms with E-state index in [1.54, 1.807) is 4.90 Å². The lowest BCUT2D eigenvalue weighted by molar-refractivity contribution is -0.133. The van der Waals surface area contributed by atoms with E-state index in [1.807, 2.05) is 0 Å². The Kier molecular flexibility index (Phi) is 7.36. The van der Waals surface area contributed by atoms with Crippen molar-refractivity contribution in [1.29, 1.82) is 0 Å². The highest BCUT2D eigenvalue weighted by Crippen LogP contribution is 2.19. The molecule has 0 spiro atoms. The van der Waals surface area contributed by atoms with Crippen molar-refractivity contribution in [3.63, 3.8) is 0 Å². The first kappa shape index (κ1) is 22.9. The van der Waals surface area contributed by atoms with Crippen LogP contribution < -0.4 is 16.0 Å². The number of hydrogen-bond acceptors (Lipinski definition) is 6. The second kappa shape index (κ2) is 10.6. The number of nitrogens with one attached hydrogen (secondary N) is 3. The van der Waals surface area contributed by atoms with Gasteiger partial charge in [0.2, 0.25) is 11.8 Å². The predicted molar refractivity (Wildman–Crippen MR) is 118 cm³/mol. The van der Waals surface area contributed by atoms with Gasteiger partial charge in [-0.1, -0.05) is 19.3 Å². The van der Waals surface area contributed by atoms with Crippen molar-refractivity contribution < 1.29 is 19.2 Å². The molecule has 2 saturated heterocycles. The van der Waals surface area contributed by atoms with Gasteiger partial charge in [0.05, 0.1) is 12.7 Å². The summed E-state index contributed by atoms with van der Waals surface area (Å²) in [6, 6.07) is -1.66. The molecule has 2 aliphatic heterocycles. The summed E-state index contributed by atoms with van der Waals surface area (Å²) in [4.78, 5) is 62.4. The molecule has 11 heteroatoms. The van der Waals surface area contributed by atoms with E-state index in [0.717, 1.165) is 32.1 Å². The molecule has 3 heterocycles. The van der Waals surface area contributed by atoms with E-state index in [1.165, 1.54) is 29.9 Å². The summed E-state index contributed by atoms with van der Waals surface area (Å²) >= 11 is 0. The fraction of sp³-hybridized carbons (Fsp3) is 0.636. The van der Waals surface area contributed by atoms with Crippen LogP contribution in [0.3, 0.4) is 0 Å². The van der Waals surface area contributed by atoms with Crippen molar-refractivity contribution in [2.45, 2.75) is 63.1 Å². The van der Waals surface area contributed by atoms with Crippen LogP contribution in [0.2, 0.25) is 0 Å². The number of aromatic nitrogens is 2. The molecule has 2 unspecified atom stereocenters. The molecule has 1 aromatic rings. The lowest BCUT2D eigenvalue weighted by Gasteiger charge is -2.41. The Morgan fingerprint density at radius 2 is 1.82 bits per heavy atom. The molecule has 3 N–H and O–H groups in total. The van der Waals surface area contributed by atoms with Crippen LogP contribution in [0, 0.1) is 0 Å². The van der Waals surface area contributed by atoms with Gasteiger partial charge in [-0.15, -0.1) is 0 Å². The molecule has 1 aromatic heterocycles. The number of carbonyl (C=O) groups excluding carboxylic acids is 4. The average Bonchev–Trinajstić information content (AvgIpc) is 2.85. The van der Waals surface area contributed by atoms with Gasteiger partial charge in [-0.25, -0.2) is 9.78 Å². The number of hydrogen-bond donors (Lipinski definition) is 3. The zero-order valence-corrected chi connectivity index (χ0v) is 18.7. The Morgan fingerprint density at radius 1 is 1.00 bits per heavy atom. The Balaban J connectivity index is 1.48. The van der Waals surface area contributed by atoms with E-state index in [4.69, 9.17) is 0 Å². The van der Waals surface area contributed by atoms with Crippen LogP contribution >= 0.6 is 0 Å². The van der Waals surface area contributed by atoms with E-state index in [-0.39, 0.29) is 36.8 Å². The van der Waals surface area contributed by atoms with Gasteiger partial charge >= 0.3 is 6.03 Å². The van der Waals surface area contributed by atoms with Crippen molar-refractivity contribution in [2.24, 2.45) is 0 Å². The van der Waals surface area contributed by atoms with Gasteiger partial charge in [0.1, 0.15) is 17.8 Å². The van der Waals surface area contributed by atoms with Crippen molar-refractivity contribution in [3.8, 4) is 0 Å². The van der Waals surface area contributed by atoms with E-state index in [0.29, 0.717) is 19.5 Å². The predicted octanol–water partition coefficient (Wildman–Crippen LogP) is 0.0401. The Bertz CT molecular complexity index is 875. The van der Waals surface area contributed by atoms with Gasteiger partial charge in [-0.2, -0.15) is 0 Å². The van der Waals surface area contributed by atoms with Crippen LogP contribution in [0.25, 0.3) is 0 Å². The molecule has 4 rings (SSSR count). The summed E-state index contributed by atoms with van der Waals surface area (Å²) in [5.74, 6) is -1.11. The van der Waals surface area contributed by atoms with Crippen LogP contribution in [0.5, 0.6) is 0 Å². The smallest absolute Gasteiger partial charge is 0.317 e. The van der Waals surface area contributed by atoms with Crippen LogP contribution in [0.1, 0.15) is 55.4 Å². The van der Waals surface area contributed by atoms with Crippen LogP contribution in [0.15, 0.2) is 18.6 Å². The standard InChI is InChI=1S/C22H31N7O4/c30-19-16(7-4-8-25-19)27-20(31)18-14-28(22(33)26-15-5-2-1-3-6-15)11-12-29(18)21(32)17-13-23-9-10-24-17/h9-10,13,15-16,18H,1-8,11-12,14H2,(H,25,30)(H,26,33)(H,27,31). The van der Waals surface area contributed by atoms with Crippen molar-refractivity contribution in [2.75, 3.05) is 26.2 Å². The Labute approximate surface area is 192 Å². The molecule has 1 aliphatic carbocycles. The minimum Gasteiger partial charge on any atom is -0.354 e. The highest BCUT2D eigenvalue weighted by molar-refractivity contribution is 5.97. The highest BCUT2D eigenvalue weighted by Gasteiger charge is 2.39. The van der Waals surface area contributed by atoms with E-state index in [9.17, 15) is 19.2 Å². The van der Waals surface area contributed by atoms with Crippen molar-refractivity contribution >= 4 is 23.8 Å². The first-order valence-electron chi connectivity index (χ1n) is 11.7. The second-order valence-corrected chi connectivity index (χ2v) is 8.83. The molecule has 33 heavy (non-hydrogen) atoms. The third-order valence-corrected chi connectivity index (χ3v) is 6.55. The van der Waals surface area contributed by atoms with Gasteiger partial charge in [0.25, 0.3) is 5.91 Å². The zero-order valence-electron chi connectivity index (χ0n) is 18.7. The summed E-state index contributed by atoms with van der Waals surface area (Å²) < 4.78 is 0. The summed E-state index contributed by atoms with van der Waals surface area (Å²) in [5, 5.41) is 8.60. The number of piperazine rings is 1. The van der Waals surface area contributed by atoms with Crippen LogP contribution in [-0.2, 0) is 9.59 Å². The number of nitrogens with zero attached hydrogens (tertiary/aromatic N) is 4. The SMILES string of the molecule is O=C1NCCCC1NC(=O)C1CN(C(=O)NC2CCCCC2)CCN1C(=O)c1cnccn1. The maximum absolute atomic E-state index is 13.2. The van der Waals surface area contributed by atoms with E-state index in [2.05, 4.69) is 25.9 Å². The normalized spacial score (nSPS) is 24.1. The van der Waals surface area contributed by atoms with E-state index < -0.39 is 23.9 Å². The second-order valence-electron chi connectivity index (χ2n) is 8.83. The number of amides is 5. The zero-order chi connectivity index (χ0) is 23.2. The molecule has 0 bridgehead atoms. The van der Waals surface area contributed by atoms with Crippen molar-refractivity contribution in [1.82, 2.24) is 35.7 Å². The van der Waals surface area contributed by atoms with Crippen molar-refractivity contribution in [3.05, 3.63) is 24.3 Å². The fourth-order valence-corrected chi connectivity index (χ4v) is 4.68. The highest BCUT2D eigenvalue weighted by atomic mass is 16.2. The number of carbonyl (C=O) groups is 4. The molecule has 2 atom stereocenters. The maximum atomic E-state index is 13.2. The monoisotopic (exact) mass is 457 g/mol. The molecule has 3 fully saturated rings. The maximum Gasteiger partial charge on any atom is 0.317 e. The molecular formula is C22H31N7O4. The average molecular weight is 458 g/mol. The molecular weight excluding hydrogens is 426 g/mol. The van der Waals surface area contributed by atoms with Gasteiger partial charge in [-0.05, 0) is 25.7 Å². The van der Waals surface area contributed by atoms with E-state index >= 15 is 0 Å². The summed E-state index contributed by atoms with van der Waals surface area (Å²) in [6.07, 6.45) is 10.8. The molecule has 5 amide bonds. The molecule has 178 valence electrons. The summed E-state index contributed by atoms with van der Waals surface area (Å²) in [7, 11) is 0. The fourth-order valence-electron chi connectivity index (χ4n) is 4.68. The first-order valence-corrected chi connectivity index (χ1v) is 11.7. The molecule has 0 radical (unpaired) electrons. The molecule has 1 saturated carbocycles. The van der Waals surface area contributed by atoms with Crippen LogP contribution in [-0.4, -0.2) is 87.8 Å². The topological polar surface area (TPSA) is 137 Å². The summed E-state index contributed by atoms with van der Waals surface area (Å²) in [6.45, 7) is 1.12. The quantitative estimate of drug-likeness (QED) is 0.584. The number of urea groups is 1. The molecule has 3 aliphatic rings. The molecule has 11 nitrogen and oxygen atoms in total. The van der Waals surface area contributed by atoms with Gasteiger partial charge in [-0.3, -0.25) is 19.4 Å². The first-order chi connectivity index (χ1) is 16.0. The minimum atomic E-state index is -0.930. The Hall–Kier alpha value is -3.24. The minimum absolute atomic E-state index is 0.0464. The van der Waals surface area contributed by atoms with Crippen LogP contribution in [0.4, 0.5) is 4.79 Å². The van der Waals surface area contributed by atoms with Gasteiger partial charge < -0.3 is 25.8 Å². The largest absolute Gasteiger partial charge is 0.354 e. The lowest BCUT2D eigenvalue weighted by Crippen LogP contribution is -2.64. The Morgan fingerprint density at radius 3 is 2.55 bits per heavy atom. The summed E-state index contributed by atoms with van der Waals surface area (Å²) in [5.41, 5.74) is 0.130. The van der Waals surface area contributed by atoms with Gasteiger partial charge in [0.15, 0.2) is 0 Å². The third kappa shape index (κ3) is 5.58. The number of rotatable bonds is 4. The number of piperidine rings is 1.